The maximum atomic E-state index is 12.5. The molecule has 4 aliphatic carbocycles. The highest BCUT2D eigenvalue weighted by Crippen LogP contribution is 2.62. The fraction of sp³-hybridized carbons (Fsp3) is 0.650. The molecule has 0 aromatic heterocycles. The number of rotatable bonds is 4. The van der Waals surface area contributed by atoms with Crippen LogP contribution in [0.1, 0.15) is 56.1 Å². The Kier molecular flexibility index (Phi) is 3.53. The molecule has 4 saturated carbocycles. The summed E-state index contributed by atoms with van der Waals surface area (Å²) in [5.74, 6) is 1.44. The van der Waals surface area contributed by atoms with Crippen LogP contribution in [0.2, 0.25) is 0 Å². The molecule has 0 spiro atoms. The van der Waals surface area contributed by atoms with Crippen molar-refractivity contribution in [3.05, 3.63) is 35.4 Å². The minimum atomic E-state index is -0.472. The first kappa shape index (κ1) is 15.2. The van der Waals surface area contributed by atoms with Gasteiger partial charge in [0.05, 0.1) is 5.60 Å². The molecule has 2 N–H and O–H groups in total. The molecular formula is C20H27NO2. The first-order valence-corrected chi connectivity index (χ1v) is 8.99. The second-order valence-electron chi connectivity index (χ2n) is 8.57. The molecule has 4 aliphatic rings. The molecule has 4 fully saturated rings. The molecule has 0 heterocycles. The van der Waals surface area contributed by atoms with E-state index < -0.39 is 5.60 Å². The lowest BCUT2D eigenvalue weighted by Crippen LogP contribution is -2.56. The average molecular weight is 313 g/mol. The number of aliphatic hydroxyl groups is 1. The van der Waals surface area contributed by atoms with E-state index in [-0.39, 0.29) is 11.3 Å². The second-order valence-corrected chi connectivity index (χ2v) is 8.57. The summed E-state index contributed by atoms with van der Waals surface area (Å²) in [4.78, 5) is 12.5. The van der Waals surface area contributed by atoms with Crippen molar-refractivity contribution >= 4 is 5.91 Å². The van der Waals surface area contributed by atoms with Crippen LogP contribution in [-0.4, -0.2) is 16.6 Å². The molecule has 0 saturated heterocycles. The Morgan fingerprint density at radius 1 is 1.22 bits per heavy atom. The largest absolute Gasteiger partial charge is 0.390 e. The summed E-state index contributed by atoms with van der Waals surface area (Å²) in [5.41, 5.74) is 2.00. The van der Waals surface area contributed by atoms with Gasteiger partial charge in [-0.3, -0.25) is 4.79 Å². The summed E-state index contributed by atoms with van der Waals surface area (Å²) in [5, 5.41) is 13.9. The van der Waals surface area contributed by atoms with Gasteiger partial charge in [-0.2, -0.15) is 0 Å². The molecule has 23 heavy (non-hydrogen) atoms. The molecule has 3 heteroatoms. The lowest BCUT2D eigenvalue weighted by atomic mass is 9.47. The summed E-state index contributed by atoms with van der Waals surface area (Å²) in [6, 6.07) is 8.19. The smallest absolute Gasteiger partial charge is 0.220 e. The highest BCUT2D eigenvalue weighted by Gasteiger charge is 2.57. The third-order valence-electron chi connectivity index (χ3n) is 6.42. The van der Waals surface area contributed by atoms with Crippen LogP contribution in [0.15, 0.2) is 24.3 Å². The van der Waals surface area contributed by atoms with Gasteiger partial charge in [0.15, 0.2) is 0 Å². The maximum Gasteiger partial charge on any atom is 0.220 e. The molecule has 124 valence electrons. The van der Waals surface area contributed by atoms with E-state index >= 15 is 0 Å². The van der Waals surface area contributed by atoms with E-state index in [4.69, 9.17) is 0 Å². The molecule has 4 atom stereocenters. The zero-order valence-electron chi connectivity index (χ0n) is 14.0. The standard InChI is InChI=1S/C20H27NO2/c1-14-4-2-3-5-17(14)12-21-18(22)11-19-7-15-6-16(8-19)10-20(23,9-15)13-19/h2-5,15-16,23H,6-13H2,1H3,(H,21,22)/t15-,16+,19?,20?. The number of nitrogens with one attached hydrogen (secondary N) is 1. The highest BCUT2D eigenvalue weighted by atomic mass is 16.3. The van der Waals surface area contributed by atoms with Gasteiger partial charge >= 0.3 is 0 Å². The van der Waals surface area contributed by atoms with Gasteiger partial charge in [0, 0.05) is 13.0 Å². The van der Waals surface area contributed by atoms with Gasteiger partial charge in [-0.05, 0) is 73.8 Å². The van der Waals surface area contributed by atoms with Crippen molar-refractivity contribution in [2.24, 2.45) is 17.3 Å². The quantitative estimate of drug-likeness (QED) is 0.896. The molecule has 1 aromatic rings. The van der Waals surface area contributed by atoms with Crippen molar-refractivity contribution in [1.29, 1.82) is 0 Å². The van der Waals surface area contributed by atoms with Crippen LogP contribution < -0.4 is 5.32 Å². The monoisotopic (exact) mass is 313 g/mol. The topological polar surface area (TPSA) is 49.3 Å². The molecular weight excluding hydrogens is 286 g/mol. The maximum absolute atomic E-state index is 12.5. The van der Waals surface area contributed by atoms with Crippen LogP contribution in [0.3, 0.4) is 0 Å². The average Bonchev–Trinajstić information content (AvgIpc) is 2.43. The number of carbonyl (C=O) groups excluding carboxylic acids is 1. The van der Waals surface area contributed by atoms with Crippen molar-refractivity contribution in [1.82, 2.24) is 5.32 Å². The summed E-state index contributed by atoms with van der Waals surface area (Å²) < 4.78 is 0. The molecule has 5 rings (SSSR count). The Morgan fingerprint density at radius 3 is 2.57 bits per heavy atom. The highest BCUT2D eigenvalue weighted by molar-refractivity contribution is 5.76. The van der Waals surface area contributed by atoms with Gasteiger partial charge in [-0.15, -0.1) is 0 Å². The van der Waals surface area contributed by atoms with Crippen LogP contribution in [-0.2, 0) is 11.3 Å². The molecule has 0 aliphatic heterocycles. The van der Waals surface area contributed by atoms with E-state index in [2.05, 4.69) is 24.4 Å². The van der Waals surface area contributed by atoms with Crippen LogP contribution >= 0.6 is 0 Å². The Labute approximate surface area is 138 Å². The number of carbonyl (C=O) groups is 1. The van der Waals surface area contributed by atoms with Crippen LogP contribution in [0.25, 0.3) is 0 Å². The number of hydrogen-bond acceptors (Lipinski definition) is 2. The lowest BCUT2D eigenvalue weighted by molar-refractivity contribution is -0.169. The molecule has 4 bridgehead atoms. The summed E-state index contributed by atoms with van der Waals surface area (Å²) in [7, 11) is 0. The summed E-state index contributed by atoms with van der Waals surface area (Å²) >= 11 is 0. The fourth-order valence-electron chi connectivity index (χ4n) is 6.01. The zero-order chi connectivity index (χ0) is 16.1. The first-order valence-electron chi connectivity index (χ1n) is 8.99. The van der Waals surface area contributed by atoms with Gasteiger partial charge in [0.2, 0.25) is 5.91 Å². The zero-order valence-corrected chi connectivity index (χ0v) is 14.0. The Bertz CT molecular complexity index is 610. The van der Waals surface area contributed by atoms with Crippen molar-refractivity contribution in [3.8, 4) is 0 Å². The van der Waals surface area contributed by atoms with Gasteiger partial charge in [0.25, 0.3) is 0 Å². The van der Waals surface area contributed by atoms with Crippen molar-refractivity contribution in [3.63, 3.8) is 0 Å². The number of hydrogen-bond donors (Lipinski definition) is 2. The predicted molar refractivity (Wildman–Crippen MR) is 89.7 cm³/mol. The van der Waals surface area contributed by atoms with Gasteiger partial charge in [-0.1, -0.05) is 24.3 Å². The van der Waals surface area contributed by atoms with Gasteiger partial charge < -0.3 is 10.4 Å². The van der Waals surface area contributed by atoms with Crippen LogP contribution in [0.4, 0.5) is 0 Å². The number of amides is 1. The third-order valence-corrected chi connectivity index (χ3v) is 6.42. The Morgan fingerprint density at radius 2 is 1.91 bits per heavy atom. The lowest BCUT2D eigenvalue weighted by Gasteiger charge is -2.60. The van der Waals surface area contributed by atoms with Crippen LogP contribution in [0.5, 0.6) is 0 Å². The van der Waals surface area contributed by atoms with Crippen LogP contribution in [0, 0.1) is 24.2 Å². The Hall–Kier alpha value is -1.35. The molecule has 1 amide bonds. The first-order chi connectivity index (χ1) is 11.0. The van der Waals surface area contributed by atoms with E-state index in [0.29, 0.717) is 24.8 Å². The summed E-state index contributed by atoms with van der Waals surface area (Å²) in [6.45, 7) is 2.69. The van der Waals surface area contributed by atoms with E-state index in [9.17, 15) is 9.90 Å². The van der Waals surface area contributed by atoms with Crippen molar-refractivity contribution in [2.75, 3.05) is 0 Å². The van der Waals surface area contributed by atoms with Crippen molar-refractivity contribution < 1.29 is 9.90 Å². The number of benzene rings is 1. The van der Waals surface area contributed by atoms with Gasteiger partial charge in [0.1, 0.15) is 0 Å². The van der Waals surface area contributed by atoms with E-state index in [1.165, 1.54) is 17.5 Å². The minimum Gasteiger partial charge on any atom is -0.390 e. The normalized spacial score (nSPS) is 37.8. The van der Waals surface area contributed by atoms with E-state index in [0.717, 1.165) is 32.1 Å². The molecule has 3 nitrogen and oxygen atoms in total. The SMILES string of the molecule is Cc1ccccc1CNC(=O)CC12C[C@@H]3C[C@@H](CC(O)(C3)C1)C2. The van der Waals surface area contributed by atoms with E-state index in [1.807, 2.05) is 12.1 Å². The molecule has 2 unspecified atom stereocenters. The van der Waals surface area contributed by atoms with E-state index in [1.54, 1.807) is 0 Å². The second kappa shape index (κ2) is 5.34. The predicted octanol–water partition coefficient (Wildman–Crippen LogP) is 3.33. The number of aryl methyl sites for hydroxylation is 1. The Balaban J connectivity index is 1.40. The summed E-state index contributed by atoms with van der Waals surface area (Å²) in [6.07, 6.45) is 6.92. The fourth-order valence-corrected chi connectivity index (χ4v) is 6.01. The minimum absolute atomic E-state index is 0.0641. The van der Waals surface area contributed by atoms with Crippen molar-refractivity contribution in [2.45, 2.75) is 64.0 Å². The van der Waals surface area contributed by atoms with Gasteiger partial charge in [-0.25, -0.2) is 0 Å². The molecule has 0 radical (unpaired) electrons. The third kappa shape index (κ3) is 2.91. The molecule has 1 aromatic carbocycles.